The van der Waals surface area contributed by atoms with Crippen molar-refractivity contribution in [3.63, 3.8) is 0 Å². The van der Waals surface area contributed by atoms with Crippen molar-refractivity contribution in [1.82, 2.24) is 0 Å². The van der Waals surface area contributed by atoms with E-state index in [1.54, 1.807) is 0 Å². The van der Waals surface area contributed by atoms with Crippen molar-refractivity contribution in [2.75, 3.05) is 0 Å². The van der Waals surface area contributed by atoms with Gasteiger partial charge >= 0.3 is 23.9 Å². The van der Waals surface area contributed by atoms with Crippen molar-refractivity contribution in [2.24, 2.45) is 0 Å². The number of phenols is 4. The Labute approximate surface area is 213 Å². The molecule has 0 saturated heterocycles. The second kappa shape index (κ2) is 12.8. The summed E-state index contributed by atoms with van der Waals surface area (Å²) in [5.41, 5.74) is 0.345. The number of carboxylic acid groups (broad SMARTS) is 2. The molecule has 0 aromatic heterocycles. The maximum atomic E-state index is 12.3. The first-order valence-corrected chi connectivity index (χ1v) is 10.4. The van der Waals surface area contributed by atoms with Crippen LogP contribution in [0.4, 0.5) is 0 Å². The van der Waals surface area contributed by atoms with Crippen LogP contribution in [-0.2, 0) is 28.7 Å². The third-order valence-corrected chi connectivity index (χ3v) is 4.78. The lowest BCUT2D eigenvalue weighted by Gasteiger charge is -2.29. The fraction of sp³-hybridized carbons (Fsp3) is 0.167. The normalized spacial score (nSPS) is 14.5. The second-order valence-corrected chi connectivity index (χ2v) is 7.53. The number of benzene rings is 2. The monoisotopic (exact) mass is 534 g/mol. The number of aliphatic hydroxyl groups excluding tert-OH is 2. The molecule has 4 atom stereocenters. The average Bonchev–Trinajstić information content (AvgIpc) is 2.86. The fourth-order valence-corrected chi connectivity index (χ4v) is 2.87. The van der Waals surface area contributed by atoms with Crippen LogP contribution in [0.1, 0.15) is 11.1 Å². The van der Waals surface area contributed by atoms with E-state index in [0.29, 0.717) is 12.2 Å². The molecule has 0 aliphatic rings. The molecule has 0 aliphatic heterocycles. The number of aliphatic carboxylic acids is 2. The van der Waals surface area contributed by atoms with Crippen molar-refractivity contribution < 1.29 is 69.5 Å². The summed E-state index contributed by atoms with van der Waals surface area (Å²) in [5, 5.41) is 76.1. The molecule has 0 amide bonds. The van der Waals surface area contributed by atoms with E-state index < -0.39 is 71.3 Å². The molecule has 0 bridgehead atoms. The summed E-state index contributed by atoms with van der Waals surface area (Å²) in [6, 6.07) is 6.87. The van der Waals surface area contributed by atoms with Gasteiger partial charge in [-0.05, 0) is 47.5 Å². The van der Waals surface area contributed by atoms with Crippen LogP contribution in [0.15, 0.2) is 48.6 Å². The fourth-order valence-electron chi connectivity index (χ4n) is 2.87. The van der Waals surface area contributed by atoms with Gasteiger partial charge in [0.15, 0.2) is 47.4 Å². The molecule has 14 heteroatoms. The maximum Gasteiger partial charge on any atom is 0.336 e. The van der Waals surface area contributed by atoms with Crippen molar-refractivity contribution in [3.8, 4) is 23.0 Å². The molecule has 2 aromatic carbocycles. The summed E-state index contributed by atoms with van der Waals surface area (Å²) in [7, 11) is 0. The maximum absolute atomic E-state index is 12.3. The number of aromatic hydroxyl groups is 4. The zero-order chi connectivity index (χ0) is 28.6. The highest BCUT2D eigenvalue weighted by molar-refractivity contribution is 5.89. The van der Waals surface area contributed by atoms with Crippen molar-refractivity contribution in [3.05, 3.63) is 59.7 Å². The molecular weight excluding hydrogens is 512 g/mol. The Hall–Kier alpha value is -5.08. The summed E-state index contributed by atoms with van der Waals surface area (Å²) in [5.74, 6) is -8.68. The first kappa shape index (κ1) is 29.2. The molecule has 0 unspecified atom stereocenters. The Morgan fingerprint density at radius 1 is 0.605 bits per heavy atom. The molecule has 14 nitrogen and oxygen atoms in total. The van der Waals surface area contributed by atoms with Crippen LogP contribution in [0.25, 0.3) is 12.2 Å². The summed E-state index contributed by atoms with van der Waals surface area (Å²) < 4.78 is 9.64. The number of carboxylic acids is 2. The van der Waals surface area contributed by atoms with Gasteiger partial charge < -0.3 is 50.3 Å². The summed E-state index contributed by atoms with van der Waals surface area (Å²) >= 11 is 0. The number of hydrogen-bond donors (Lipinski definition) is 8. The predicted molar refractivity (Wildman–Crippen MR) is 125 cm³/mol. The molecule has 2 aromatic rings. The average molecular weight is 534 g/mol. The minimum absolute atomic E-state index is 0.173. The van der Waals surface area contributed by atoms with Crippen molar-refractivity contribution in [1.29, 1.82) is 0 Å². The number of esters is 2. The van der Waals surface area contributed by atoms with Crippen molar-refractivity contribution in [2.45, 2.75) is 24.4 Å². The number of carbonyl (C=O) groups excluding carboxylic acids is 2. The lowest BCUT2D eigenvalue weighted by Crippen LogP contribution is -2.53. The first-order valence-electron chi connectivity index (χ1n) is 10.4. The van der Waals surface area contributed by atoms with Crippen molar-refractivity contribution >= 4 is 36.0 Å². The van der Waals surface area contributed by atoms with Gasteiger partial charge in [-0.15, -0.1) is 0 Å². The third kappa shape index (κ3) is 7.97. The summed E-state index contributed by atoms with van der Waals surface area (Å²) in [4.78, 5) is 47.4. The number of rotatable bonds is 11. The van der Waals surface area contributed by atoms with E-state index in [0.717, 1.165) is 36.4 Å². The van der Waals surface area contributed by atoms with Gasteiger partial charge in [0.25, 0.3) is 0 Å². The van der Waals surface area contributed by atoms with Gasteiger partial charge in [0.2, 0.25) is 0 Å². The standard InChI is InChI=1S/C24H22O14/c25-13-5-1-11(9-15(13)27)3-7-17(29)37-21(19(31)23(33)34)22(20(32)24(35)36)38-18(30)8-4-12-2-6-14(26)16(28)10-12/h1-10,19-22,25-28,31-32H,(H,33,34)(H,35,36)/b7-3+,8-4+/t19-,20+,21-,22-/m1/s1. The Morgan fingerprint density at radius 3 is 1.24 bits per heavy atom. The Balaban J connectivity index is 2.30. The molecule has 38 heavy (non-hydrogen) atoms. The molecule has 2 rings (SSSR count). The van der Waals surface area contributed by atoms with E-state index in [9.17, 15) is 60.0 Å². The highest BCUT2D eigenvalue weighted by atomic mass is 16.6. The van der Waals surface area contributed by atoms with E-state index in [4.69, 9.17) is 9.47 Å². The molecule has 0 heterocycles. The first-order chi connectivity index (χ1) is 17.8. The number of phenolic OH excluding ortho intramolecular Hbond substituents is 4. The lowest BCUT2D eigenvalue weighted by molar-refractivity contribution is -0.194. The highest BCUT2D eigenvalue weighted by Crippen LogP contribution is 2.26. The van der Waals surface area contributed by atoms with Crippen LogP contribution in [0.3, 0.4) is 0 Å². The summed E-state index contributed by atoms with van der Waals surface area (Å²) in [6.45, 7) is 0. The van der Waals surface area contributed by atoms with Gasteiger partial charge in [-0.2, -0.15) is 0 Å². The number of ether oxygens (including phenoxy) is 2. The van der Waals surface area contributed by atoms with Gasteiger partial charge in [0.1, 0.15) is 0 Å². The molecule has 0 aliphatic carbocycles. The largest absolute Gasteiger partial charge is 0.504 e. The van der Waals surface area contributed by atoms with Crippen LogP contribution in [0.2, 0.25) is 0 Å². The van der Waals surface area contributed by atoms with Gasteiger partial charge in [0, 0.05) is 12.2 Å². The highest BCUT2D eigenvalue weighted by Gasteiger charge is 2.45. The SMILES string of the molecule is O=C(/C=C/c1ccc(O)c(O)c1)O[C@@H]([C@H](OC(=O)/C=C/c1ccc(O)c(O)c1)[C@@H](O)C(=O)O)[C@H](O)C(=O)O. The van der Waals surface area contributed by atoms with Gasteiger partial charge in [-0.1, -0.05) is 12.1 Å². The molecule has 0 radical (unpaired) electrons. The van der Waals surface area contributed by atoms with Crippen LogP contribution in [0, 0.1) is 0 Å². The van der Waals surface area contributed by atoms with E-state index in [-0.39, 0.29) is 11.1 Å². The van der Waals surface area contributed by atoms with Crippen LogP contribution < -0.4 is 0 Å². The van der Waals surface area contributed by atoms with E-state index in [1.165, 1.54) is 12.1 Å². The minimum atomic E-state index is -2.66. The molecular formula is C24H22O14. The molecule has 0 saturated carbocycles. The number of carbonyl (C=O) groups is 4. The van der Waals surface area contributed by atoms with Crippen LogP contribution in [0.5, 0.6) is 23.0 Å². The number of aliphatic hydroxyl groups is 2. The van der Waals surface area contributed by atoms with E-state index in [2.05, 4.69) is 0 Å². The molecule has 0 spiro atoms. The second-order valence-electron chi connectivity index (χ2n) is 7.53. The predicted octanol–water partition coefficient (Wildman–Crippen LogP) is -0.0498. The number of hydrogen-bond acceptors (Lipinski definition) is 12. The Bertz CT molecular complexity index is 1170. The zero-order valence-corrected chi connectivity index (χ0v) is 19.1. The Kier molecular flexibility index (Phi) is 9.78. The molecule has 202 valence electrons. The van der Waals surface area contributed by atoms with Gasteiger partial charge in [0.05, 0.1) is 0 Å². The van der Waals surface area contributed by atoms with E-state index >= 15 is 0 Å². The lowest BCUT2D eigenvalue weighted by atomic mass is 10.0. The van der Waals surface area contributed by atoms with E-state index in [1.807, 2.05) is 0 Å². The zero-order valence-electron chi connectivity index (χ0n) is 19.1. The Morgan fingerprint density at radius 2 is 0.947 bits per heavy atom. The quantitative estimate of drug-likeness (QED) is 0.107. The third-order valence-electron chi connectivity index (χ3n) is 4.78. The minimum Gasteiger partial charge on any atom is -0.504 e. The molecule has 0 fully saturated rings. The topological polar surface area (TPSA) is 249 Å². The van der Waals surface area contributed by atoms with Gasteiger partial charge in [-0.3, -0.25) is 0 Å². The summed E-state index contributed by atoms with van der Waals surface area (Å²) in [6.07, 6.45) is -6.66. The van der Waals surface area contributed by atoms with Crippen LogP contribution in [-0.4, -0.2) is 89.1 Å². The van der Waals surface area contributed by atoms with Crippen LogP contribution >= 0.6 is 0 Å². The smallest absolute Gasteiger partial charge is 0.336 e. The molecule has 8 N–H and O–H groups in total. The van der Waals surface area contributed by atoms with Gasteiger partial charge in [-0.25, -0.2) is 19.2 Å².